The summed E-state index contributed by atoms with van der Waals surface area (Å²) in [6.07, 6.45) is 6.92. The summed E-state index contributed by atoms with van der Waals surface area (Å²) in [5.74, 6) is 1.51. The first kappa shape index (κ1) is 14.8. The Balaban J connectivity index is 1.66. The number of aromatic nitrogens is 2. The molecule has 2 atom stereocenters. The lowest BCUT2D eigenvalue weighted by Crippen LogP contribution is -2.39. The molecule has 0 radical (unpaired) electrons. The molecule has 0 saturated heterocycles. The molecule has 0 aromatic carbocycles. The molecular formula is C16H21N3O3. The predicted octanol–water partition coefficient (Wildman–Crippen LogP) is 2.59. The topological polar surface area (TPSA) is 71.4 Å². The molecule has 1 N–H and O–H groups in total. The summed E-state index contributed by atoms with van der Waals surface area (Å²) in [5.41, 5.74) is 0.834. The van der Waals surface area contributed by atoms with E-state index in [0.717, 1.165) is 49.3 Å². The quantitative estimate of drug-likeness (QED) is 0.833. The minimum absolute atomic E-state index is 0.219. The van der Waals surface area contributed by atoms with Crippen LogP contribution < -0.4 is 0 Å². The molecule has 2 aromatic heterocycles. The van der Waals surface area contributed by atoms with Gasteiger partial charge in [-0.25, -0.2) is 0 Å². The highest BCUT2D eigenvalue weighted by Crippen LogP contribution is 2.26. The highest BCUT2D eigenvalue weighted by atomic mass is 16.5. The lowest BCUT2D eigenvalue weighted by Gasteiger charge is -2.34. The number of ether oxygens (including phenoxy) is 1. The summed E-state index contributed by atoms with van der Waals surface area (Å²) < 4.78 is 11.2. The van der Waals surface area contributed by atoms with Crippen molar-refractivity contribution >= 4 is 6.41 Å². The number of carbonyl (C=O) groups is 1. The van der Waals surface area contributed by atoms with Crippen molar-refractivity contribution in [1.82, 2.24) is 15.1 Å². The number of H-pyrrole nitrogens is 1. The molecule has 2 aromatic rings. The van der Waals surface area contributed by atoms with Crippen molar-refractivity contribution in [2.75, 3.05) is 7.11 Å². The molecule has 1 amide bonds. The van der Waals surface area contributed by atoms with Crippen LogP contribution in [0.4, 0.5) is 0 Å². The Bertz CT molecular complexity index is 594. The molecule has 2 unspecified atom stereocenters. The number of hydrogen-bond donors (Lipinski definition) is 1. The van der Waals surface area contributed by atoms with Gasteiger partial charge >= 0.3 is 0 Å². The Labute approximate surface area is 129 Å². The van der Waals surface area contributed by atoms with Gasteiger partial charge in [-0.05, 0) is 43.9 Å². The molecule has 6 heteroatoms. The fourth-order valence-electron chi connectivity index (χ4n) is 3.07. The van der Waals surface area contributed by atoms with Crippen LogP contribution >= 0.6 is 0 Å². The number of methoxy groups -OCH3 is 1. The third-order valence-corrected chi connectivity index (χ3v) is 4.30. The summed E-state index contributed by atoms with van der Waals surface area (Å²) in [4.78, 5) is 13.3. The van der Waals surface area contributed by atoms with Gasteiger partial charge in [0.1, 0.15) is 11.5 Å². The molecule has 1 aliphatic rings. The van der Waals surface area contributed by atoms with E-state index in [9.17, 15) is 4.79 Å². The number of rotatable bonds is 6. The van der Waals surface area contributed by atoms with Gasteiger partial charge in [0.15, 0.2) is 5.76 Å². The Hall–Kier alpha value is -2.08. The second-order valence-electron chi connectivity index (χ2n) is 5.69. The standard InChI is InChI=1S/C16H21N3O3/c1-21-13-4-2-3-12(9-13)19(11-20)10-14-5-6-16(22-14)15-7-8-17-18-15/h5-8,11-13H,2-4,9-10H2,1H3,(H,17,18). The molecule has 118 valence electrons. The van der Waals surface area contributed by atoms with Crippen molar-refractivity contribution in [1.29, 1.82) is 0 Å². The van der Waals surface area contributed by atoms with Gasteiger partial charge in [-0.3, -0.25) is 9.89 Å². The number of carbonyl (C=O) groups excluding carboxylic acids is 1. The Kier molecular flexibility index (Phi) is 4.58. The lowest BCUT2D eigenvalue weighted by atomic mass is 9.92. The molecule has 0 aliphatic heterocycles. The maximum Gasteiger partial charge on any atom is 0.210 e. The van der Waals surface area contributed by atoms with Crippen LogP contribution in [0.25, 0.3) is 11.5 Å². The summed E-state index contributed by atoms with van der Waals surface area (Å²) in [6, 6.07) is 5.87. The number of hydrogen-bond acceptors (Lipinski definition) is 4. The van der Waals surface area contributed by atoms with Crippen LogP contribution in [0.15, 0.2) is 28.8 Å². The first-order valence-corrected chi connectivity index (χ1v) is 7.62. The molecule has 3 rings (SSSR count). The van der Waals surface area contributed by atoms with Crippen LogP contribution in [0.3, 0.4) is 0 Å². The molecular weight excluding hydrogens is 282 g/mol. The Morgan fingerprint density at radius 2 is 2.36 bits per heavy atom. The number of nitrogens with zero attached hydrogens (tertiary/aromatic N) is 2. The fourth-order valence-corrected chi connectivity index (χ4v) is 3.07. The van der Waals surface area contributed by atoms with Crippen molar-refractivity contribution in [3.63, 3.8) is 0 Å². The Morgan fingerprint density at radius 3 is 3.09 bits per heavy atom. The summed E-state index contributed by atoms with van der Waals surface area (Å²) in [5, 5.41) is 6.78. The van der Waals surface area contributed by atoms with Gasteiger partial charge in [0.25, 0.3) is 0 Å². The predicted molar refractivity (Wildman–Crippen MR) is 80.9 cm³/mol. The van der Waals surface area contributed by atoms with E-state index in [1.54, 1.807) is 13.3 Å². The highest BCUT2D eigenvalue weighted by Gasteiger charge is 2.26. The van der Waals surface area contributed by atoms with Gasteiger partial charge in [-0.2, -0.15) is 5.10 Å². The maximum absolute atomic E-state index is 11.5. The molecule has 0 bridgehead atoms. The van der Waals surface area contributed by atoms with Crippen LogP contribution in [0.5, 0.6) is 0 Å². The van der Waals surface area contributed by atoms with E-state index in [1.807, 2.05) is 23.1 Å². The second-order valence-corrected chi connectivity index (χ2v) is 5.69. The van der Waals surface area contributed by atoms with Gasteiger partial charge in [0.05, 0.1) is 12.6 Å². The molecule has 1 aliphatic carbocycles. The SMILES string of the molecule is COC1CCCC(N(C=O)Cc2ccc(-c3ccn[nH]3)o2)C1. The van der Waals surface area contributed by atoms with Crippen molar-refractivity contribution in [2.24, 2.45) is 0 Å². The van der Waals surface area contributed by atoms with E-state index < -0.39 is 0 Å². The van der Waals surface area contributed by atoms with Crippen molar-refractivity contribution in [2.45, 2.75) is 44.4 Å². The molecule has 6 nitrogen and oxygen atoms in total. The fraction of sp³-hybridized carbons (Fsp3) is 0.500. The van der Waals surface area contributed by atoms with E-state index in [0.29, 0.717) is 6.54 Å². The zero-order valence-corrected chi connectivity index (χ0v) is 12.7. The van der Waals surface area contributed by atoms with E-state index in [2.05, 4.69) is 10.2 Å². The van der Waals surface area contributed by atoms with E-state index >= 15 is 0 Å². The molecule has 1 fully saturated rings. The average Bonchev–Trinajstić information content (AvgIpc) is 3.23. The van der Waals surface area contributed by atoms with Gasteiger partial charge in [-0.15, -0.1) is 0 Å². The van der Waals surface area contributed by atoms with Crippen LogP contribution in [-0.4, -0.2) is 40.8 Å². The highest BCUT2D eigenvalue weighted by molar-refractivity contribution is 5.52. The van der Waals surface area contributed by atoms with Gasteiger partial charge in [0.2, 0.25) is 6.41 Å². The van der Waals surface area contributed by atoms with E-state index in [-0.39, 0.29) is 12.1 Å². The maximum atomic E-state index is 11.5. The third-order valence-electron chi connectivity index (χ3n) is 4.30. The van der Waals surface area contributed by atoms with Crippen LogP contribution in [0.2, 0.25) is 0 Å². The average molecular weight is 303 g/mol. The number of furan rings is 1. The Morgan fingerprint density at radius 1 is 1.45 bits per heavy atom. The summed E-state index contributed by atoms with van der Waals surface area (Å²) in [7, 11) is 1.74. The number of amides is 1. The zero-order valence-electron chi connectivity index (χ0n) is 12.7. The third kappa shape index (κ3) is 3.22. The minimum atomic E-state index is 0.219. The number of aromatic amines is 1. The monoisotopic (exact) mass is 303 g/mol. The number of nitrogens with one attached hydrogen (secondary N) is 1. The van der Waals surface area contributed by atoms with Crippen molar-refractivity contribution in [3.05, 3.63) is 30.2 Å². The van der Waals surface area contributed by atoms with Crippen LogP contribution in [0.1, 0.15) is 31.4 Å². The van der Waals surface area contributed by atoms with Crippen molar-refractivity contribution in [3.8, 4) is 11.5 Å². The minimum Gasteiger partial charge on any atom is -0.458 e. The van der Waals surface area contributed by atoms with Gasteiger partial charge in [0, 0.05) is 19.3 Å². The molecule has 2 heterocycles. The second kappa shape index (κ2) is 6.79. The zero-order chi connectivity index (χ0) is 15.4. The van der Waals surface area contributed by atoms with Gasteiger partial charge < -0.3 is 14.1 Å². The largest absolute Gasteiger partial charge is 0.458 e. The normalized spacial score (nSPS) is 21.7. The van der Waals surface area contributed by atoms with Gasteiger partial charge in [-0.1, -0.05) is 0 Å². The van der Waals surface area contributed by atoms with Crippen LogP contribution in [-0.2, 0) is 16.1 Å². The van der Waals surface area contributed by atoms with Crippen molar-refractivity contribution < 1.29 is 13.9 Å². The molecule has 0 spiro atoms. The summed E-state index contributed by atoms with van der Waals surface area (Å²) in [6.45, 7) is 0.485. The molecule has 1 saturated carbocycles. The smallest absolute Gasteiger partial charge is 0.210 e. The first-order valence-electron chi connectivity index (χ1n) is 7.62. The van der Waals surface area contributed by atoms with E-state index in [4.69, 9.17) is 9.15 Å². The first-order chi connectivity index (χ1) is 10.8. The van der Waals surface area contributed by atoms with E-state index in [1.165, 1.54) is 0 Å². The molecule has 22 heavy (non-hydrogen) atoms. The lowest BCUT2D eigenvalue weighted by molar-refractivity contribution is -0.122. The van der Waals surface area contributed by atoms with Crippen LogP contribution in [0, 0.1) is 0 Å². The summed E-state index contributed by atoms with van der Waals surface area (Å²) >= 11 is 0.